The Balaban J connectivity index is 1.95. The second-order valence-corrected chi connectivity index (χ2v) is 4.75. The van der Waals surface area contributed by atoms with Crippen LogP contribution in [0.1, 0.15) is 35.7 Å². The Bertz CT molecular complexity index is 419. The number of nitrogens with one attached hydrogen (secondary N) is 1. The van der Waals surface area contributed by atoms with Crippen molar-refractivity contribution in [2.75, 3.05) is 6.61 Å². The van der Waals surface area contributed by atoms with E-state index in [1.54, 1.807) is 12.1 Å². The lowest BCUT2D eigenvalue weighted by molar-refractivity contribution is 0.0130. The second-order valence-electron chi connectivity index (χ2n) is 4.75. The van der Waals surface area contributed by atoms with Crippen molar-refractivity contribution in [3.05, 3.63) is 35.4 Å². The number of hydrogen-bond acceptors (Lipinski definition) is 3. The summed E-state index contributed by atoms with van der Waals surface area (Å²) in [4.78, 5) is 11.1. The number of benzene rings is 1. The molecular formula is C14H19NO3. The fourth-order valence-corrected chi connectivity index (χ4v) is 2.32. The highest BCUT2D eigenvalue weighted by Gasteiger charge is 2.19. The number of rotatable bonds is 4. The lowest BCUT2D eigenvalue weighted by Gasteiger charge is -2.28. The van der Waals surface area contributed by atoms with E-state index in [2.05, 4.69) is 12.2 Å². The number of carboxylic acids is 1. The molecule has 0 amide bonds. The van der Waals surface area contributed by atoms with Gasteiger partial charge in [-0.15, -0.1) is 0 Å². The highest BCUT2D eigenvalue weighted by Crippen LogP contribution is 2.15. The molecule has 2 rings (SSSR count). The van der Waals surface area contributed by atoms with Crippen molar-refractivity contribution in [3.8, 4) is 0 Å². The van der Waals surface area contributed by atoms with Crippen LogP contribution in [0.3, 0.4) is 0 Å². The van der Waals surface area contributed by atoms with Gasteiger partial charge in [0.15, 0.2) is 0 Å². The monoisotopic (exact) mass is 249 g/mol. The van der Waals surface area contributed by atoms with E-state index < -0.39 is 5.97 Å². The Morgan fingerprint density at radius 2 is 2.28 bits per heavy atom. The minimum absolute atomic E-state index is 0.283. The standard InChI is InChI=1S/C14H19NO3/c1-10-8-12(6-7-18-10)15-9-11-4-2-3-5-13(11)14(16)17/h2-5,10,12,15H,6-9H2,1H3,(H,16,17). The summed E-state index contributed by atoms with van der Waals surface area (Å²) < 4.78 is 5.49. The summed E-state index contributed by atoms with van der Waals surface area (Å²) in [5.41, 5.74) is 1.22. The molecule has 2 atom stereocenters. The van der Waals surface area contributed by atoms with Crippen LogP contribution in [0.5, 0.6) is 0 Å². The summed E-state index contributed by atoms with van der Waals surface area (Å²) in [5, 5.41) is 12.5. The second kappa shape index (κ2) is 5.98. The van der Waals surface area contributed by atoms with Crippen molar-refractivity contribution in [1.29, 1.82) is 0 Å². The van der Waals surface area contributed by atoms with Gasteiger partial charge in [-0.25, -0.2) is 4.79 Å². The van der Waals surface area contributed by atoms with Crippen LogP contribution >= 0.6 is 0 Å². The minimum atomic E-state index is -0.868. The van der Waals surface area contributed by atoms with Crippen molar-refractivity contribution in [2.24, 2.45) is 0 Å². The van der Waals surface area contributed by atoms with Gasteiger partial charge < -0.3 is 15.2 Å². The number of carbonyl (C=O) groups is 1. The molecule has 0 saturated carbocycles. The van der Waals surface area contributed by atoms with Crippen molar-refractivity contribution in [2.45, 2.75) is 38.5 Å². The molecule has 2 unspecified atom stereocenters. The molecule has 18 heavy (non-hydrogen) atoms. The van der Waals surface area contributed by atoms with Crippen molar-refractivity contribution in [1.82, 2.24) is 5.32 Å². The first-order chi connectivity index (χ1) is 8.66. The zero-order valence-corrected chi connectivity index (χ0v) is 10.6. The van der Waals surface area contributed by atoms with Crippen molar-refractivity contribution >= 4 is 5.97 Å². The maximum Gasteiger partial charge on any atom is 0.336 e. The third kappa shape index (κ3) is 3.31. The van der Waals surface area contributed by atoms with Gasteiger partial charge in [0.25, 0.3) is 0 Å². The van der Waals surface area contributed by atoms with Gasteiger partial charge in [-0.2, -0.15) is 0 Å². The minimum Gasteiger partial charge on any atom is -0.478 e. The van der Waals surface area contributed by atoms with Gasteiger partial charge in [0.2, 0.25) is 0 Å². The van der Waals surface area contributed by atoms with Gasteiger partial charge in [0, 0.05) is 19.2 Å². The van der Waals surface area contributed by atoms with Crippen molar-refractivity contribution in [3.63, 3.8) is 0 Å². The molecule has 0 aromatic heterocycles. The molecule has 0 radical (unpaired) electrons. The maximum absolute atomic E-state index is 11.1. The van der Waals surface area contributed by atoms with Gasteiger partial charge in [-0.1, -0.05) is 18.2 Å². The number of ether oxygens (including phenoxy) is 1. The van der Waals surface area contributed by atoms with Gasteiger partial charge in [-0.05, 0) is 31.4 Å². The lowest BCUT2D eigenvalue weighted by atomic mass is 10.0. The van der Waals surface area contributed by atoms with Crippen LogP contribution in [-0.2, 0) is 11.3 Å². The predicted molar refractivity (Wildman–Crippen MR) is 68.7 cm³/mol. The molecule has 98 valence electrons. The van der Waals surface area contributed by atoms with E-state index >= 15 is 0 Å². The molecule has 1 aromatic carbocycles. The van der Waals surface area contributed by atoms with Crippen LogP contribution in [-0.4, -0.2) is 29.8 Å². The molecule has 4 heteroatoms. The molecule has 1 aromatic rings. The highest BCUT2D eigenvalue weighted by molar-refractivity contribution is 5.89. The predicted octanol–water partition coefficient (Wildman–Crippen LogP) is 2.04. The lowest BCUT2D eigenvalue weighted by Crippen LogP contribution is -2.37. The van der Waals surface area contributed by atoms with Gasteiger partial charge in [0.1, 0.15) is 0 Å². The fraction of sp³-hybridized carbons (Fsp3) is 0.500. The first kappa shape index (κ1) is 13.1. The molecule has 0 bridgehead atoms. The van der Waals surface area contributed by atoms with E-state index in [9.17, 15) is 4.79 Å². The number of hydrogen-bond donors (Lipinski definition) is 2. The molecule has 1 saturated heterocycles. The van der Waals surface area contributed by atoms with Crippen LogP contribution in [0.2, 0.25) is 0 Å². The van der Waals surface area contributed by atoms with E-state index in [0.29, 0.717) is 18.2 Å². The summed E-state index contributed by atoms with van der Waals surface area (Å²) in [6.45, 7) is 3.44. The summed E-state index contributed by atoms with van der Waals surface area (Å²) in [5.74, 6) is -0.868. The topological polar surface area (TPSA) is 58.6 Å². The van der Waals surface area contributed by atoms with E-state index in [4.69, 9.17) is 9.84 Å². The summed E-state index contributed by atoms with van der Waals surface area (Å²) in [6, 6.07) is 7.54. The Morgan fingerprint density at radius 1 is 1.50 bits per heavy atom. The summed E-state index contributed by atoms with van der Waals surface area (Å²) in [7, 11) is 0. The zero-order chi connectivity index (χ0) is 13.0. The zero-order valence-electron chi connectivity index (χ0n) is 10.6. The normalized spacial score (nSPS) is 23.8. The van der Waals surface area contributed by atoms with E-state index in [1.807, 2.05) is 12.1 Å². The molecule has 4 nitrogen and oxygen atoms in total. The third-order valence-electron chi connectivity index (χ3n) is 3.31. The quantitative estimate of drug-likeness (QED) is 0.857. The first-order valence-electron chi connectivity index (χ1n) is 6.33. The van der Waals surface area contributed by atoms with Gasteiger partial charge >= 0.3 is 5.97 Å². The molecule has 0 spiro atoms. The Labute approximate surface area is 107 Å². The van der Waals surface area contributed by atoms with Crippen LogP contribution < -0.4 is 5.32 Å². The molecule has 1 aliphatic heterocycles. The fourth-order valence-electron chi connectivity index (χ4n) is 2.32. The van der Waals surface area contributed by atoms with Crippen LogP contribution in [0, 0.1) is 0 Å². The maximum atomic E-state index is 11.1. The molecule has 1 aliphatic rings. The smallest absolute Gasteiger partial charge is 0.336 e. The van der Waals surface area contributed by atoms with Crippen LogP contribution in [0.4, 0.5) is 0 Å². The van der Waals surface area contributed by atoms with Gasteiger partial charge in [-0.3, -0.25) is 0 Å². The van der Waals surface area contributed by atoms with Gasteiger partial charge in [0.05, 0.1) is 11.7 Å². The third-order valence-corrected chi connectivity index (χ3v) is 3.31. The van der Waals surface area contributed by atoms with E-state index in [0.717, 1.165) is 25.0 Å². The van der Waals surface area contributed by atoms with Crippen molar-refractivity contribution < 1.29 is 14.6 Å². The summed E-state index contributed by atoms with van der Waals surface area (Å²) >= 11 is 0. The van der Waals surface area contributed by atoms with Crippen LogP contribution in [0.15, 0.2) is 24.3 Å². The first-order valence-corrected chi connectivity index (χ1v) is 6.33. The molecule has 1 fully saturated rings. The Morgan fingerprint density at radius 3 is 3.00 bits per heavy atom. The molecule has 0 aliphatic carbocycles. The summed E-state index contributed by atoms with van der Waals surface area (Å²) in [6.07, 6.45) is 2.25. The van der Waals surface area contributed by atoms with E-state index in [1.165, 1.54) is 0 Å². The van der Waals surface area contributed by atoms with E-state index in [-0.39, 0.29) is 6.10 Å². The molecular weight excluding hydrogens is 230 g/mol. The largest absolute Gasteiger partial charge is 0.478 e. The molecule has 2 N–H and O–H groups in total. The average Bonchev–Trinajstić information content (AvgIpc) is 2.37. The molecule has 1 heterocycles. The highest BCUT2D eigenvalue weighted by atomic mass is 16.5. The SMILES string of the molecule is CC1CC(NCc2ccccc2C(=O)O)CCO1. The Hall–Kier alpha value is -1.39. The Kier molecular flexibility index (Phi) is 4.33. The number of aromatic carboxylic acids is 1. The average molecular weight is 249 g/mol. The number of carboxylic acid groups (broad SMARTS) is 1. The van der Waals surface area contributed by atoms with Crippen LogP contribution in [0.25, 0.3) is 0 Å².